The highest BCUT2D eigenvalue weighted by Gasteiger charge is 2.39. The third-order valence-electron chi connectivity index (χ3n) is 9.05. The van der Waals surface area contributed by atoms with E-state index < -0.39 is 21.6 Å². The van der Waals surface area contributed by atoms with Gasteiger partial charge in [0.15, 0.2) is 0 Å². The predicted molar refractivity (Wildman–Crippen MR) is 171 cm³/mol. The van der Waals surface area contributed by atoms with Crippen LogP contribution in [0.5, 0.6) is 0 Å². The van der Waals surface area contributed by atoms with Gasteiger partial charge in [-0.1, -0.05) is 45.4 Å². The number of hydrogen-bond donors (Lipinski definition) is 3. The van der Waals surface area contributed by atoms with Gasteiger partial charge in [0.25, 0.3) is 0 Å². The van der Waals surface area contributed by atoms with Crippen LogP contribution in [0, 0.1) is 25.2 Å². The minimum atomic E-state index is -3.57. The first-order valence-electron chi connectivity index (χ1n) is 15.4. The Morgan fingerprint density at radius 1 is 1.07 bits per heavy atom. The number of fused-ring (bicyclic) bond motifs is 4. The normalized spacial score (nSPS) is 31.0. The number of halogens is 1. The van der Waals surface area contributed by atoms with Crippen LogP contribution in [0.2, 0.25) is 0 Å². The smallest absolute Gasteiger partial charge is 0.216 e. The van der Waals surface area contributed by atoms with Crippen molar-refractivity contribution in [2.24, 2.45) is 11.3 Å². The molecule has 1 aromatic carbocycles. The van der Waals surface area contributed by atoms with E-state index >= 15 is 0 Å². The van der Waals surface area contributed by atoms with E-state index in [4.69, 9.17) is 9.72 Å². The molecule has 1 saturated carbocycles. The van der Waals surface area contributed by atoms with Gasteiger partial charge in [-0.05, 0) is 95.6 Å². The Labute approximate surface area is 261 Å². The molecule has 42 heavy (non-hydrogen) atoms. The number of aryl methyl sites for hydroxylation is 2. The predicted octanol–water partition coefficient (Wildman–Crippen LogP) is 5.51. The van der Waals surface area contributed by atoms with Crippen molar-refractivity contribution in [3.05, 3.63) is 63.4 Å². The second kappa shape index (κ2) is 13.3. The van der Waals surface area contributed by atoms with E-state index in [1.165, 1.54) is 16.7 Å². The number of sulfonamides is 1. The van der Waals surface area contributed by atoms with Crippen LogP contribution in [-0.2, 0) is 21.3 Å². The fourth-order valence-electron chi connectivity index (χ4n) is 7.13. The fraction of sp³-hybridized carbons (Fsp3) is 0.656. The Kier molecular flexibility index (Phi) is 10.1. The zero-order valence-corrected chi connectivity index (χ0v) is 28.1. The molecule has 4 bridgehead atoms. The second-order valence-electron chi connectivity index (χ2n) is 13.8. The minimum absolute atomic E-state index is 0.0453. The number of aromatic nitrogens is 1. The summed E-state index contributed by atoms with van der Waals surface area (Å²) in [5.41, 5.74) is 4.69. The maximum absolute atomic E-state index is 13.8. The van der Waals surface area contributed by atoms with E-state index in [1.54, 1.807) is 0 Å². The van der Waals surface area contributed by atoms with Gasteiger partial charge in [0.2, 0.25) is 10.0 Å². The van der Waals surface area contributed by atoms with Crippen LogP contribution in [0.15, 0.2) is 41.0 Å². The molecule has 2 aliphatic heterocycles. The summed E-state index contributed by atoms with van der Waals surface area (Å²) in [6.07, 6.45) is 5.88. The molecule has 5 rings (SSSR count). The van der Waals surface area contributed by atoms with Gasteiger partial charge < -0.3 is 4.74 Å². The van der Waals surface area contributed by atoms with Gasteiger partial charge >= 0.3 is 0 Å². The van der Waals surface area contributed by atoms with Crippen molar-refractivity contribution in [2.45, 2.75) is 110 Å². The molecule has 3 N–H and O–H groups in total. The van der Waals surface area contributed by atoms with E-state index in [9.17, 15) is 8.42 Å². The van der Waals surface area contributed by atoms with Crippen LogP contribution in [-0.4, -0.2) is 55.3 Å². The van der Waals surface area contributed by atoms with Gasteiger partial charge in [0, 0.05) is 42.3 Å². The van der Waals surface area contributed by atoms with Crippen molar-refractivity contribution in [3.8, 4) is 0 Å². The van der Waals surface area contributed by atoms with Crippen LogP contribution in [0.3, 0.4) is 0 Å². The summed E-state index contributed by atoms with van der Waals surface area (Å²) in [4.78, 5) is 7.22. The standard InChI is InChI=1S/C32H48BrN5O3S/c1-21-9-6-10-22(2)30(21)27-16-29-36-31(35-27)37-42(39,40)25-12-7-11-23(15-25)18-38(19-28-26(33)13-8-14-34-28)24(20-41-29)17-32(3,4)5/h6,8-10,13-14,23-25,27,29,31,35-37H,7,11-12,15-20H2,1-5H3/t23?,24-,25?,27?,29?,31?/m1/s1. The zero-order chi connectivity index (χ0) is 30.1. The topological polar surface area (TPSA) is 95.6 Å². The van der Waals surface area contributed by atoms with Crippen molar-refractivity contribution in [3.63, 3.8) is 0 Å². The number of benzene rings is 1. The second-order valence-corrected chi connectivity index (χ2v) is 16.6. The first-order valence-corrected chi connectivity index (χ1v) is 17.8. The third kappa shape index (κ3) is 8.00. The molecule has 0 spiro atoms. The molecule has 0 amide bonds. The molecule has 0 radical (unpaired) electrons. The van der Waals surface area contributed by atoms with E-state index in [0.717, 1.165) is 36.0 Å². The van der Waals surface area contributed by atoms with Crippen molar-refractivity contribution in [2.75, 3.05) is 13.2 Å². The molecule has 1 aliphatic carbocycles. The molecule has 2 saturated heterocycles. The fourth-order valence-corrected chi connectivity index (χ4v) is 9.17. The Hall–Kier alpha value is -1.40. The first kappa shape index (κ1) is 32.0. The minimum Gasteiger partial charge on any atom is -0.362 e. The Morgan fingerprint density at radius 3 is 2.55 bits per heavy atom. The third-order valence-corrected chi connectivity index (χ3v) is 11.6. The first-order chi connectivity index (χ1) is 19.9. The number of pyridine rings is 1. The van der Waals surface area contributed by atoms with Gasteiger partial charge in [-0.3, -0.25) is 20.5 Å². The molecular formula is C32H48BrN5O3S. The summed E-state index contributed by atoms with van der Waals surface area (Å²) in [5.74, 6) is 0.286. The molecule has 6 atom stereocenters. The molecule has 3 heterocycles. The Balaban J connectivity index is 1.51. The average molecular weight is 663 g/mol. The Bertz CT molecular complexity index is 1310. The van der Waals surface area contributed by atoms with E-state index in [0.29, 0.717) is 32.4 Å². The van der Waals surface area contributed by atoms with Crippen LogP contribution < -0.4 is 15.4 Å². The summed E-state index contributed by atoms with van der Waals surface area (Å²) in [6, 6.07) is 10.4. The molecule has 8 nitrogen and oxygen atoms in total. The number of nitrogens with one attached hydrogen (secondary N) is 3. The van der Waals surface area contributed by atoms with Crippen LogP contribution in [0.25, 0.3) is 0 Å². The molecule has 10 heteroatoms. The van der Waals surface area contributed by atoms with Crippen LogP contribution >= 0.6 is 15.9 Å². The molecule has 3 fully saturated rings. The van der Waals surface area contributed by atoms with Crippen molar-refractivity contribution in [1.29, 1.82) is 0 Å². The lowest BCUT2D eigenvalue weighted by Gasteiger charge is -2.41. The number of hydrogen-bond acceptors (Lipinski definition) is 7. The van der Waals surface area contributed by atoms with Crippen LogP contribution in [0.4, 0.5) is 0 Å². The highest BCUT2D eigenvalue weighted by atomic mass is 79.9. The highest BCUT2D eigenvalue weighted by Crippen LogP contribution is 2.34. The quantitative estimate of drug-likeness (QED) is 0.398. The van der Waals surface area contributed by atoms with Gasteiger partial charge in [-0.15, -0.1) is 0 Å². The lowest BCUT2D eigenvalue weighted by molar-refractivity contribution is -0.0517. The summed E-state index contributed by atoms with van der Waals surface area (Å²) in [5, 5.41) is 6.61. The molecule has 232 valence electrons. The lowest BCUT2D eigenvalue weighted by atomic mass is 9.85. The number of ether oxygens (including phenoxy) is 1. The maximum atomic E-state index is 13.8. The highest BCUT2D eigenvalue weighted by molar-refractivity contribution is 9.10. The zero-order valence-electron chi connectivity index (χ0n) is 25.7. The SMILES string of the molecule is Cc1cccc(C)c1C1CC2NC(N1)NS(=O)(=O)C1CCCC(C1)CN(Cc1ncccc1Br)[C@H](CC(C)(C)C)CO2. The van der Waals surface area contributed by atoms with E-state index in [-0.39, 0.29) is 29.6 Å². The van der Waals surface area contributed by atoms with Crippen molar-refractivity contribution >= 4 is 26.0 Å². The molecule has 2 aromatic rings. The molecule has 3 aliphatic rings. The number of rotatable bonds is 4. The monoisotopic (exact) mass is 661 g/mol. The van der Waals surface area contributed by atoms with Gasteiger partial charge in [-0.25, -0.2) is 8.42 Å². The molecule has 1 aromatic heterocycles. The summed E-state index contributed by atoms with van der Waals surface area (Å²) < 4.78 is 38.3. The summed E-state index contributed by atoms with van der Waals surface area (Å²) in [7, 11) is -3.57. The van der Waals surface area contributed by atoms with Crippen molar-refractivity contribution < 1.29 is 13.2 Å². The average Bonchev–Trinajstić information content (AvgIpc) is 2.91. The van der Waals surface area contributed by atoms with E-state index in [1.807, 2.05) is 18.3 Å². The van der Waals surface area contributed by atoms with Crippen molar-refractivity contribution in [1.82, 2.24) is 25.2 Å². The number of nitrogens with zero attached hydrogens (tertiary/aromatic N) is 2. The van der Waals surface area contributed by atoms with Gasteiger partial charge in [0.05, 0.1) is 17.6 Å². The summed E-state index contributed by atoms with van der Waals surface area (Å²) >= 11 is 3.72. The molecule has 5 unspecified atom stereocenters. The van der Waals surface area contributed by atoms with E-state index in [2.05, 4.69) is 89.0 Å². The molecular weight excluding hydrogens is 614 g/mol. The van der Waals surface area contributed by atoms with Gasteiger partial charge in [-0.2, -0.15) is 4.72 Å². The Morgan fingerprint density at radius 2 is 1.83 bits per heavy atom. The van der Waals surface area contributed by atoms with Crippen LogP contribution in [0.1, 0.15) is 87.7 Å². The van der Waals surface area contributed by atoms with Gasteiger partial charge in [0.1, 0.15) is 12.5 Å². The largest absolute Gasteiger partial charge is 0.362 e. The lowest BCUT2D eigenvalue weighted by Crippen LogP contribution is -2.64. The maximum Gasteiger partial charge on any atom is 0.216 e. The summed E-state index contributed by atoms with van der Waals surface area (Å²) in [6.45, 7) is 13.2.